The zero-order valence-corrected chi connectivity index (χ0v) is 6.88. The Kier molecular flexibility index (Phi) is 5.78. The highest BCUT2D eigenvalue weighted by atomic mass is 16.5. The number of carbonyl (C=O) groups is 1. The predicted octanol–water partition coefficient (Wildman–Crippen LogP) is -0.384. The summed E-state index contributed by atoms with van der Waals surface area (Å²) in [6, 6.07) is -0.106. The molecule has 0 radical (unpaired) electrons. The van der Waals surface area contributed by atoms with Crippen LogP contribution in [0.5, 0.6) is 0 Å². The highest BCUT2D eigenvalue weighted by molar-refractivity contribution is 5.69. The lowest BCUT2D eigenvalue weighted by Gasteiger charge is -2.07. The normalized spacial score (nSPS) is 12.6. The van der Waals surface area contributed by atoms with Crippen LogP contribution in [0.4, 0.5) is 0 Å². The lowest BCUT2D eigenvalue weighted by Crippen LogP contribution is -2.25. The maximum Gasteiger partial charge on any atom is 0.307 e. The van der Waals surface area contributed by atoms with Crippen LogP contribution in [0.15, 0.2) is 0 Å². The van der Waals surface area contributed by atoms with E-state index in [1.807, 2.05) is 0 Å². The molecule has 0 saturated heterocycles. The first kappa shape index (κ1) is 10.4. The topological polar surface area (TPSA) is 78.3 Å². The van der Waals surface area contributed by atoms with Crippen LogP contribution in [0.2, 0.25) is 0 Å². The number of esters is 1. The van der Waals surface area contributed by atoms with E-state index in [-0.39, 0.29) is 18.4 Å². The van der Waals surface area contributed by atoms with Gasteiger partial charge in [0.05, 0.1) is 13.5 Å². The van der Waals surface area contributed by atoms with Gasteiger partial charge < -0.3 is 16.2 Å². The third kappa shape index (κ3) is 5.82. The van der Waals surface area contributed by atoms with Gasteiger partial charge in [0.15, 0.2) is 0 Å². The van der Waals surface area contributed by atoms with Crippen LogP contribution in [-0.2, 0) is 9.53 Å². The number of methoxy groups -OCH3 is 1. The van der Waals surface area contributed by atoms with Gasteiger partial charge in [-0.05, 0) is 19.4 Å². The molecule has 0 heterocycles. The molecule has 0 aromatic carbocycles. The Morgan fingerprint density at radius 1 is 1.64 bits per heavy atom. The number of hydrogen-bond donors (Lipinski definition) is 2. The highest BCUT2D eigenvalue weighted by Crippen LogP contribution is 1.98. The molecular formula is C7H16N2O2. The molecule has 0 aliphatic heterocycles. The van der Waals surface area contributed by atoms with Crippen LogP contribution in [0, 0.1) is 0 Å². The second-order valence-electron chi connectivity index (χ2n) is 2.47. The van der Waals surface area contributed by atoms with Gasteiger partial charge in [0.25, 0.3) is 0 Å². The van der Waals surface area contributed by atoms with Crippen LogP contribution in [0.25, 0.3) is 0 Å². The van der Waals surface area contributed by atoms with Crippen molar-refractivity contribution in [1.29, 1.82) is 0 Å². The van der Waals surface area contributed by atoms with Gasteiger partial charge in [-0.25, -0.2) is 0 Å². The van der Waals surface area contributed by atoms with Crippen LogP contribution in [0.3, 0.4) is 0 Å². The van der Waals surface area contributed by atoms with Crippen LogP contribution in [-0.4, -0.2) is 25.7 Å². The maximum atomic E-state index is 10.7. The molecule has 0 aromatic rings. The minimum atomic E-state index is -0.255. The van der Waals surface area contributed by atoms with Crippen molar-refractivity contribution < 1.29 is 9.53 Å². The molecule has 1 atom stereocenters. The molecular weight excluding hydrogens is 144 g/mol. The quantitative estimate of drug-likeness (QED) is 0.537. The average Bonchev–Trinajstić information content (AvgIpc) is 2.00. The fraction of sp³-hybridized carbons (Fsp3) is 0.857. The lowest BCUT2D eigenvalue weighted by atomic mass is 10.1. The van der Waals surface area contributed by atoms with Crippen molar-refractivity contribution in [3.8, 4) is 0 Å². The summed E-state index contributed by atoms with van der Waals surface area (Å²) in [7, 11) is 1.36. The van der Waals surface area contributed by atoms with Gasteiger partial charge in [-0.3, -0.25) is 4.79 Å². The maximum absolute atomic E-state index is 10.7. The fourth-order valence-electron chi connectivity index (χ4n) is 0.780. The third-order valence-corrected chi connectivity index (χ3v) is 1.44. The molecule has 4 nitrogen and oxygen atoms in total. The van der Waals surface area contributed by atoms with E-state index >= 15 is 0 Å². The van der Waals surface area contributed by atoms with Gasteiger partial charge in [-0.2, -0.15) is 0 Å². The molecule has 0 saturated carbocycles. The molecule has 0 aliphatic carbocycles. The van der Waals surface area contributed by atoms with Crippen molar-refractivity contribution in [1.82, 2.24) is 0 Å². The van der Waals surface area contributed by atoms with Crippen molar-refractivity contribution in [2.45, 2.75) is 25.3 Å². The van der Waals surface area contributed by atoms with Crippen LogP contribution < -0.4 is 11.5 Å². The summed E-state index contributed by atoms with van der Waals surface area (Å²) in [5, 5.41) is 0. The average molecular weight is 160 g/mol. The van der Waals surface area contributed by atoms with Gasteiger partial charge in [0.1, 0.15) is 0 Å². The summed E-state index contributed by atoms with van der Waals surface area (Å²) in [5.41, 5.74) is 10.8. The first-order valence-electron chi connectivity index (χ1n) is 3.73. The van der Waals surface area contributed by atoms with E-state index in [0.717, 1.165) is 12.8 Å². The predicted molar refractivity (Wildman–Crippen MR) is 42.9 cm³/mol. The number of ether oxygens (including phenoxy) is 1. The fourth-order valence-corrected chi connectivity index (χ4v) is 0.780. The van der Waals surface area contributed by atoms with Gasteiger partial charge in [-0.1, -0.05) is 0 Å². The largest absolute Gasteiger partial charge is 0.469 e. The number of nitrogens with two attached hydrogens (primary N) is 2. The van der Waals surface area contributed by atoms with E-state index in [4.69, 9.17) is 11.5 Å². The van der Waals surface area contributed by atoms with Gasteiger partial charge in [-0.15, -0.1) is 0 Å². The van der Waals surface area contributed by atoms with E-state index in [2.05, 4.69) is 4.74 Å². The highest BCUT2D eigenvalue weighted by Gasteiger charge is 2.07. The van der Waals surface area contributed by atoms with E-state index in [0.29, 0.717) is 6.54 Å². The first-order valence-corrected chi connectivity index (χ1v) is 3.73. The molecule has 11 heavy (non-hydrogen) atoms. The molecule has 0 unspecified atom stereocenters. The standard InChI is InChI=1S/C7H16N2O2/c1-11-7(10)5-6(9)3-2-4-8/h6H,2-5,8-9H2,1H3/t6-/m0/s1. The molecule has 0 aromatic heterocycles. The molecule has 66 valence electrons. The van der Waals surface area contributed by atoms with E-state index < -0.39 is 0 Å². The van der Waals surface area contributed by atoms with Crippen LogP contribution in [0.1, 0.15) is 19.3 Å². The number of hydrogen-bond acceptors (Lipinski definition) is 4. The first-order chi connectivity index (χ1) is 5.20. The summed E-state index contributed by atoms with van der Waals surface area (Å²) in [5.74, 6) is -0.255. The molecule has 0 fully saturated rings. The van der Waals surface area contributed by atoms with Crippen molar-refractivity contribution in [3.05, 3.63) is 0 Å². The van der Waals surface area contributed by atoms with E-state index in [1.54, 1.807) is 0 Å². The van der Waals surface area contributed by atoms with Gasteiger partial charge >= 0.3 is 5.97 Å². The summed E-state index contributed by atoms with van der Waals surface area (Å²) in [6.07, 6.45) is 1.93. The second-order valence-corrected chi connectivity index (χ2v) is 2.47. The molecule has 0 spiro atoms. The van der Waals surface area contributed by atoms with Gasteiger partial charge in [0.2, 0.25) is 0 Å². The van der Waals surface area contributed by atoms with E-state index in [9.17, 15) is 4.79 Å². The lowest BCUT2D eigenvalue weighted by molar-refractivity contribution is -0.141. The Bertz CT molecular complexity index is 117. The SMILES string of the molecule is COC(=O)C[C@@H](N)CCCN. The smallest absolute Gasteiger partial charge is 0.307 e. The zero-order valence-electron chi connectivity index (χ0n) is 6.88. The van der Waals surface area contributed by atoms with Gasteiger partial charge in [0, 0.05) is 6.04 Å². The summed E-state index contributed by atoms with van der Waals surface area (Å²) in [4.78, 5) is 10.7. The van der Waals surface area contributed by atoms with Crippen molar-refractivity contribution in [2.24, 2.45) is 11.5 Å². The van der Waals surface area contributed by atoms with Crippen molar-refractivity contribution >= 4 is 5.97 Å². The van der Waals surface area contributed by atoms with Crippen LogP contribution >= 0.6 is 0 Å². The summed E-state index contributed by atoms with van der Waals surface area (Å²) < 4.78 is 4.45. The Labute approximate surface area is 66.9 Å². The Morgan fingerprint density at radius 2 is 2.27 bits per heavy atom. The third-order valence-electron chi connectivity index (χ3n) is 1.44. The second kappa shape index (κ2) is 6.12. The monoisotopic (exact) mass is 160 g/mol. The Morgan fingerprint density at radius 3 is 2.73 bits per heavy atom. The molecule has 0 aliphatic rings. The minimum Gasteiger partial charge on any atom is -0.469 e. The zero-order chi connectivity index (χ0) is 8.69. The summed E-state index contributed by atoms with van der Waals surface area (Å²) >= 11 is 0. The number of rotatable bonds is 5. The molecule has 4 heteroatoms. The minimum absolute atomic E-state index is 0.106. The van der Waals surface area contributed by atoms with Crippen molar-refractivity contribution in [2.75, 3.05) is 13.7 Å². The molecule has 0 rings (SSSR count). The summed E-state index contributed by atoms with van der Waals surface area (Å²) in [6.45, 7) is 0.620. The number of carbonyl (C=O) groups excluding carboxylic acids is 1. The van der Waals surface area contributed by atoms with Crippen molar-refractivity contribution in [3.63, 3.8) is 0 Å². The molecule has 0 amide bonds. The Hall–Kier alpha value is -0.610. The molecule has 0 bridgehead atoms. The van der Waals surface area contributed by atoms with E-state index in [1.165, 1.54) is 7.11 Å². The molecule has 4 N–H and O–H groups in total. The Balaban J connectivity index is 3.35.